The first kappa shape index (κ1) is 22.8. The fraction of sp³-hybridized carbons (Fsp3) is 0.391. The Balaban J connectivity index is 1.69. The number of hydrogen-bond acceptors (Lipinski definition) is 4. The number of halogens is 1. The molecule has 0 fully saturated rings. The van der Waals surface area contributed by atoms with Crippen LogP contribution < -0.4 is 10.1 Å². The van der Waals surface area contributed by atoms with Gasteiger partial charge in [-0.05, 0) is 67.8 Å². The molecule has 0 radical (unpaired) electrons. The second kappa shape index (κ2) is 12.1. The lowest BCUT2D eigenvalue weighted by atomic mass is 10.2. The number of carbonyl (C=O) groups is 2. The van der Waals surface area contributed by atoms with Gasteiger partial charge in [-0.2, -0.15) is 0 Å². The van der Waals surface area contributed by atoms with Gasteiger partial charge in [0.1, 0.15) is 5.75 Å². The molecule has 0 heterocycles. The quantitative estimate of drug-likeness (QED) is 0.371. The maximum absolute atomic E-state index is 12.1. The fourth-order valence-corrected chi connectivity index (χ4v) is 2.76. The molecule has 2 rings (SSSR count). The SMILES string of the molecule is CCCCCOC(=O)c1ccc(NC(=O)CCCOc2ccc(Cl)c(C)c2)cc1. The molecule has 6 heteroatoms. The summed E-state index contributed by atoms with van der Waals surface area (Å²) >= 11 is 5.99. The third-order valence-corrected chi connectivity index (χ3v) is 4.76. The summed E-state index contributed by atoms with van der Waals surface area (Å²) in [5, 5.41) is 3.52. The topological polar surface area (TPSA) is 64.6 Å². The van der Waals surface area contributed by atoms with Crippen LogP contribution in [0.15, 0.2) is 42.5 Å². The van der Waals surface area contributed by atoms with Crippen molar-refractivity contribution in [3.8, 4) is 5.75 Å². The van der Waals surface area contributed by atoms with E-state index in [9.17, 15) is 9.59 Å². The number of aryl methyl sites for hydroxylation is 1. The van der Waals surface area contributed by atoms with Crippen molar-refractivity contribution in [1.29, 1.82) is 0 Å². The summed E-state index contributed by atoms with van der Waals surface area (Å²) in [5.74, 6) is 0.300. The van der Waals surface area contributed by atoms with E-state index in [1.165, 1.54) is 0 Å². The minimum atomic E-state index is -0.339. The molecule has 0 aliphatic heterocycles. The standard InChI is InChI=1S/C23H28ClNO4/c1-3-4-5-14-29-23(27)18-8-10-19(11-9-18)25-22(26)7-6-15-28-20-12-13-21(24)17(2)16-20/h8-13,16H,3-7,14-15H2,1-2H3,(H,25,26). The summed E-state index contributed by atoms with van der Waals surface area (Å²) in [6.07, 6.45) is 3.93. The van der Waals surface area contributed by atoms with Crippen molar-refractivity contribution >= 4 is 29.2 Å². The van der Waals surface area contributed by atoms with Gasteiger partial charge in [0.05, 0.1) is 18.8 Å². The van der Waals surface area contributed by atoms with Crippen LogP contribution in [-0.2, 0) is 9.53 Å². The largest absolute Gasteiger partial charge is 0.494 e. The van der Waals surface area contributed by atoms with Gasteiger partial charge in [-0.25, -0.2) is 4.79 Å². The molecule has 0 saturated heterocycles. The molecule has 5 nitrogen and oxygen atoms in total. The highest BCUT2D eigenvalue weighted by molar-refractivity contribution is 6.31. The second-order valence-corrected chi connectivity index (χ2v) is 7.24. The van der Waals surface area contributed by atoms with E-state index in [0.717, 1.165) is 30.6 Å². The van der Waals surface area contributed by atoms with Crippen molar-refractivity contribution in [2.45, 2.75) is 46.0 Å². The molecule has 0 aliphatic carbocycles. The van der Waals surface area contributed by atoms with E-state index >= 15 is 0 Å². The Hall–Kier alpha value is -2.53. The maximum atomic E-state index is 12.1. The third kappa shape index (κ3) is 8.16. The van der Waals surface area contributed by atoms with Gasteiger partial charge < -0.3 is 14.8 Å². The minimum Gasteiger partial charge on any atom is -0.494 e. The monoisotopic (exact) mass is 417 g/mol. The predicted molar refractivity (Wildman–Crippen MR) is 116 cm³/mol. The van der Waals surface area contributed by atoms with Crippen LogP contribution in [0.25, 0.3) is 0 Å². The van der Waals surface area contributed by atoms with Crippen LogP contribution in [0, 0.1) is 6.92 Å². The second-order valence-electron chi connectivity index (χ2n) is 6.83. The van der Waals surface area contributed by atoms with E-state index in [0.29, 0.717) is 42.3 Å². The number of ether oxygens (including phenoxy) is 2. The number of nitrogens with one attached hydrogen (secondary N) is 1. The molecular formula is C23H28ClNO4. The average molecular weight is 418 g/mol. The molecule has 1 N–H and O–H groups in total. The summed E-state index contributed by atoms with van der Waals surface area (Å²) in [6.45, 7) is 4.89. The Bertz CT molecular complexity index is 805. The molecule has 156 valence electrons. The van der Waals surface area contributed by atoms with Crippen LogP contribution in [0.1, 0.15) is 54.9 Å². The number of carbonyl (C=O) groups excluding carboxylic acids is 2. The van der Waals surface area contributed by atoms with Crippen molar-refractivity contribution in [3.63, 3.8) is 0 Å². The van der Waals surface area contributed by atoms with E-state index in [4.69, 9.17) is 21.1 Å². The molecule has 0 saturated carbocycles. The van der Waals surface area contributed by atoms with Gasteiger partial charge in [0.25, 0.3) is 0 Å². The highest BCUT2D eigenvalue weighted by Gasteiger charge is 2.08. The van der Waals surface area contributed by atoms with Crippen LogP contribution >= 0.6 is 11.6 Å². The van der Waals surface area contributed by atoms with E-state index in [1.54, 1.807) is 30.3 Å². The molecule has 2 aromatic carbocycles. The van der Waals surface area contributed by atoms with E-state index in [1.807, 2.05) is 19.1 Å². The zero-order valence-electron chi connectivity index (χ0n) is 17.0. The van der Waals surface area contributed by atoms with E-state index < -0.39 is 0 Å². The van der Waals surface area contributed by atoms with Gasteiger partial charge in [-0.3, -0.25) is 4.79 Å². The minimum absolute atomic E-state index is 0.101. The highest BCUT2D eigenvalue weighted by atomic mass is 35.5. The molecule has 2 aromatic rings. The average Bonchev–Trinajstić information content (AvgIpc) is 2.71. The number of rotatable bonds is 11. The van der Waals surface area contributed by atoms with Crippen LogP contribution in [-0.4, -0.2) is 25.1 Å². The lowest BCUT2D eigenvalue weighted by Crippen LogP contribution is -2.13. The van der Waals surface area contributed by atoms with E-state index in [2.05, 4.69) is 12.2 Å². The van der Waals surface area contributed by atoms with Gasteiger partial charge in [-0.15, -0.1) is 0 Å². The summed E-state index contributed by atoms with van der Waals surface area (Å²) in [6, 6.07) is 12.2. The number of anilines is 1. The molecule has 0 bridgehead atoms. The fourth-order valence-electron chi connectivity index (χ4n) is 2.64. The first-order chi connectivity index (χ1) is 14.0. The first-order valence-electron chi connectivity index (χ1n) is 9.95. The van der Waals surface area contributed by atoms with Gasteiger partial charge in [0, 0.05) is 17.1 Å². The van der Waals surface area contributed by atoms with Crippen LogP contribution in [0.5, 0.6) is 5.75 Å². The molecule has 0 aliphatic rings. The normalized spacial score (nSPS) is 10.4. The Kier molecular flexibility index (Phi) is 9.51. The Morgan fingerprint density at radius 3 is 2.45 bits per heavy atom. The van der Waals surface area contributed by atoms with Crippen molar-refractivity contribution < 1.29 is 19.1 Å². The van der Waals surface area contributed by atoms with Crippen LogP contribution in [0.4, 0.5) is 5.69 Å². The molecule has 29 heavy (non-hydrogen) atoms. The molecule has 0 aromatic heterocycles. The molecule has 0 spiro atoms. The number of unbranched alkanes of at least 4 members (excludes halogenated alkanes) is 2. The summed E-state index contributed by atoms with van der Waals surface area (Å²) in [5.41, 5.74) is 2.08. The number of hydrogen-bond donors (Lipinski definition) is 1. The molecule has 0 atom stereocenters. The van der Waals surface area contributed by atoms with Gasteiger partial charge in [-0.1, -0.05) is 31.4 Å². The highest BCUT2D eigenvalue weighted by Crippen LogP contribution is 2.21. The summed E-state index contributed by atoms with van der Waals surface area (Å²) in [4.78, 5) is 24.0. The maximum Gasteiger partial charge on any atom is 0.338 e. The zero-order chi connectivity index (χ0) is 21.1. The zero-order valence-corrected chi connectivity index (χ0v) is 17.8. The first-order valence-corrected chi connectivity index (χ1v) is 10.3. The van der Waals surface area contributed by atoms with Crippen molar-refractivity contribution in [3.05, 3.63) is 58.6 Å². The van der Waals surface area contributed by atoms with Gasteiger partial charge >= 0.3 is 5.97 Å². The van der Waals surface area contributed by atoms with Crippen LogP contribution in [0.3, 0.4) is 0 Å². The van der Waals surface area contributed by atoms with Crippen LogP contribution in [0.2, 0.25) is 5.02 Å². The predicted octanol–water partition coefficient (Wildman–Crippen LogP) is 5.79. The Labute approximate surface area is 177 Å². The third-order valence-electron chi connectivity index (χ3n) is 4.33. The molecule has 0 unspecified atom stereocenters. The number of amides is 1. The lowest BCUT2D eigenvalue weighted by Gasteiger charge is -2.09. The van der Waals surface area contributed by atoms with Crippen molar-refractivity contribution in [2.24, 2.45) is 0 Å². The van der Waals surface area contributed by atoms with Crippen molar-refractivity contribution in [1.82, 2.24) is 0 Å². The van der Waals surface area contributed by atoms with Crippen molar-refractivity contribution in [2.75, 3.05) is 18.5 Å². The number of benzene rings is 2. The number of esters is 1. The summed E-state index contributed by atoms with van der Waals surface area (Å²) < 4.78 is 10.9. The molecular weight excluding hydrogens is 390 g/mol. The van der Waals surface area contributed by atoms with Gasteiger partial charge in [0.15, 0.2) is 0 Å². The van der Waals surface area contributed by atoms with Gasteiger partial charge in [0.2, 0.25) is 5.91 Å². The Morgan fingerprint density at radius 1 is 1.00 bits per heavy atom. The lowest BCUT2D eigenvalue weighted by molar-refractivity contribution is -0.116. The summed E-state index contributed by atoms with van der Waals surface area (Å²) in [7, 11) is 0. The Morgan fingerprint density at radius 2 is 1.76 bits per heavy atom. The van der Waals surface area contributed by atoms with E-state index in [-0.39, 0.29) is 11.9 Å². The molecule has 1 amide bonds. The smallest absolute Gasteiger partial charge is 0.338 e.